The van der Waals surface area contributed by atoms with Crippen molar-refractivity contribution in [3.8, 4) is 0 Å². The van der Waals surface area contributed by atoms with Crippen molar-refractivity contribution in [3.63, 3.8) is 0 Å². The second-order valence-electron chi connectivity index (χ2n) is 5.78. The average molecular weight is 317 g/mol. The number of aryl methyl sites for hydroxylation is 2. The van der Waals surface area contributed by atoms with Gasteiger partial charge in [0.15, 0.2) is 9.84 Å². The molecule has 1 N–H and O–H groups in total. The second-order valence-corrected chi connectivity index (χ2v) is 9.61. The van der Waals surface area contributed by atoms with Gasteiger partial charge in [-0.2, -0.15) is 0 Å². The summed E-state index contributed by atoms with van der Waals surface area (Å²) in [6.45, 7) is 5.18. The van der Waals surface area contributed by atoms with Crippen molar-refractivity contribution < 1.29 is 16.8 Å². The van der Waals surface area contributed by atoms with E-state index in [4.69, 9.17) is 0 Å². The standard InChI is InChI=1S/C13H19NO4S2/c1-10-4-5-11(2)12(8-10)20(17,18)14-13(3)6-7-19(15,16)9-13/h4-5,8,14H,6-7,9H2,1-3H3. The van der Waals surface area contributed by atoms with Crippen LogP contribution in [0.5, 0.6) is 0 Å². The van der Waals surface area contributed by atoms with Crippen LogP contribution >= 0.6 is 0 Å². The molecule has 0 spiro atoms. The molecule has 7 heteroatoms. The molecule has 1 heterocycles. The third-order valence-corrected chi connectivity index (χ3v) is 7.20. The molecule has 5 nitrogen and oxygen atoms in total. The molecule has 1 fully saturated rings. The van der Waals surface area contributed by atoms with E-state index < -0.39 is 25.4 Å². The summed E-state index contributed by atoms with van der Waals surface area (Å²) in [6.07, 6.45) is 0.305. The quantitative estimate of drug-likeness (QED) is 0.907. The van der Waals surface area contributed by atoms with Gasteiger partial charge >= 0.3 is 0 Å². The summed E-state index contributed by atoms with van der Waals surface area (Å²) in [6, 6.07) is 5.19. The SMILES string of the molecule is Cc1ccc(C)c(S(=O)(=O)NC2(C)CCS(=O)(=O)C2)c1. The van der Waals surface area contributed by atoms with Gasteiger partial charge in [0.2, 0.25) is 10.0 Å². The Hall–Kier alpha value is -0.920. The van der Waals surface area contributed by atoms with Gasteiger partial charge in [0.05, 0.1) is 16.4 Å². The molecule has 1 aromatic rings. The largest absolute Gasteiger partial charge is 0.241 e. The van der Waals surface area contributed by atoms with Gasteiger partial charge in [-0.05, 0) is 44.4 Å². The van der Waals surface area contributed by atoms with Crippen molar-refractivity contribution in [2.75, 3.05) is 11.5 Å². The smallest absolute Gasteiger partial charge is 0.229 e. The van der Waals surface area contributed by atoms with Crippen LogP contribution in [0.1, 0.15) is 24.5 Å². The van der Waals surface area contributed by atoms with Gasteiger partial charge in [-0.15, -0.1) is 0 Å². The van der Waals surface area contributed by atoms with Gasteiger partial charge in [0, 0.05) is 5.54 Å². The lowest BCUT2D eigenvalue weighted by molar-refractivity contribution is 0.461. The average Bonchev–Trinajstić information content (AvgIpc) is 2.55. The molecule has 1 aliphatic rings. The molecular formula is C13H19NO4S2. The van der Waals surface area contributed by atoms with E-state index in [9.17, 15) is 16.8 Å². The first-order valence-corrected chi connectivity index (χ1v) is 9.65. The highest BCUT2D eigenvalue weighted by atomic mass is 32.2. The highest BCUT2D eigenvalue weighted by Gasteiger charge is 2.41. The minimum atomic E-state index is -3.72. The maximum atomic E-state index is 12.5. The predicted octanol–water partition coefficient (Wildman–Crippen LogP) is 1.16. The van der Waals surface area contributed by atoms with Crippen LogP contribution in [0, 0.1) is 13.8 Å². The predicted molar refractivity (Wildman–Crippen MR) is 77.9 cm³/mol. The monoisotopic (exact) mass is 317 g/mol. The van der Waals surface area contributed by atoms with Gasteiger partial charge in [0.25, 0.3) is 0 Å². The van der Waals surface area contributed by atoms with Gasteiger partial charge in [0.1, 0.15) is 0 Å². The third-order valence-electron chi connectivity index (χ3n) is 3.52. The lowest BCUT2D eigenvalue weighted by Gasteiger charge is -2.24. The van der Waals surface area contributed by atoms with Crippen molar-refractivity contribution >= 4 is 19.9 Å². The minimum absolute atomic E-state index is 0.0266. The molecule has 1 saturated heterocycles. The molecule has 0 aliphatic carbocycles. The van der Waals surface area contributed by atoms with Crippen molar-refractivity contribution in [1.29, 1.82) is 0 Å². The van der Waals surface area contributed by atoms with E-state index in [0.717, 1.165) is 5.56 Å². The fraction of sp³-hybridized carbons (Fsp3) is 0.538. The maximum absolute atomic E-state index is 12.5. The van der Waals surface area contributed by atoms with E-state index in [1.165, 1.54) is 0 Å². The molecule has 1 aliphatic heterocycles. The molecule has 1 unspecified atom stereocenters. The van der Waals surface area contributed by atoms with Gasteiger partial charge in [-0.1, -0.05) is 12.1 Å². The van der Waals surface area contributed by atoms with Crippen molar-refractivity contribution in [3.05, 3.63) is 29.3 Å². The Morgan fingerprint density at radius 3 is 2.45 bits per heavy atom. The molecule has 2 rings (SSSR count). The van der Waals surface area contributed by atoms with Crippen molar-refractivity contribution in [1.82, 2.24) is 4.72 Å². The van der Waals surface area contributed by atoms with E-state index in [1.54, 1.807) is 26.0 Å². The lowest BCUT2D eigenvalue weighted by Crippen LogP contribution is -2.46. The lowest BCUT2D eigenvalue weighted by atomic mass is 10.0. The molecule has 1 atom stereocenters. The summed E-state index contributed by atoms with van der Waals surface area (Å²) in [5.74, 6) is -0.122. The summed E-state index contributed by atoms with van der Waals surface area (Å²) in [4.78, 5) is 0.211. The number of hydrogen-bond donors (Lipinski definition) is 1. The van der Waals surface area contributed by atoms with Crippen molar-refractivity contribution in [2.45, 2.75) is 37.6 Å². The van der Waals surface area contributed by atoms with Crippen LogP contribution < -0.4 is 4.72 Å². The summed E-state index contributed by atoms with van der Waals surface area (Å²) < 4.78 is 50.6. The molecule has 112 valence electrons. The molecule has 1 aromatic carbocycles. The summed E-state index contributed by atoms with van der Waals surface area (Å²) >= 11 is 0. The highest BCUT2D eigenvalue weighted by molar-refractivity contribution is 7.92. The minimum Gasteiger partial charge on any atom is -0.229 e. The first-order chi connectivity index (χ1) is 9.03. The zero-order valence-corrected chi connectivity index (χ0v) is 13.4. The maximum Gasteiger partial charge on any atom is 0.241 e. The van der Waals surface area contributed by atoms with E-state index in [1.807, 2.05) is 13.0 Å². The van der Waals surface area contributed by atoms with Crippen LogP contribution in [0.3, 0.4) is 0 Å². The Bertz CT molecular complexity index is 738. The molecular weight excluding hydrogens is 298 g/mol. The zero-order valence-electron chi connectivity index (χ0n) is 11.8. The number of benzene rings is 1. The molecule has 0 saturated carbocycles. The van der Waals surface area contributed by atoms with Gasteiger partial charge < -0.3 is 0 Å². The Kier molecular flexibility index (Phi) is 3.73. The Balaban J connectivity index is 2.35. The van der Waals surface area contributed by atoms with E-state index in [2.05, 4.69) is 4.72 Å². The van der Waals surface area contributed by atoms with Crippen LogP contribution in [-0.2, 0) is 19.9 Å². The normalized spacial score (nSPS) is 25.8. The second kappa shape index (κ2) is 4.82. The Morgan fingerprint density at radius 1 is 1.25 bits per heavy atom. The molecule has 20 heavy (non-hydrogen) atoms. The topological polar surface area (TPSA) is 80.3 Å². The fourth-order valence-electron chi connectivity index (χ4n) is 2.47. The third kappa shape index (κ3) is 3.21. The molecule has 0 aromatic heterocycles. The first kappa shape index (κ1) is 15.5. The highest BCUT2D eigenvalue weighted by Crippen LogP contribution is 2.26. The number of rotatable bonds is 3. The molecule has 0 radical (unpaired) electrons. The van der Waals surface area contributed by atoms with Gasteiger partial charge in [-0.25, -0.2) is 21.6 Å². The number of nitrogens with one attached hydrogen (secondary N) is 1. The number of sulfonamides is 1. The summed E-state index contributed by atoms with van der Waals surface area (Å²) in [7, 11) is -6.87. The molecule has 0 bridgehead atoms. The fourth-order valence-corrected chi connectivity index (χ4v) is 6.42. The van der Waals surface area contributed by atoms with Crippen LogP contribution in [0.2, 0.25) is 0 Å². The summed E-state index contributed by atoms with van der Waals surface area (Å²) in [5.41, 5.74) is 0.570. The van der Waals surface area contributed by atoms with E-state index in [0.29, 0.717) is 12.0 Å². The van der Waals surface area contributed by atoms with Crippen LogP contribution in [0.15, 0.2) is 23.1 Å². The Labute approximate surface area is 120 Å². The van der Waals surface area contributed by atoms with Crippen LogP contribution in [-0.4, -0.2) is 33.9 Å². The van der Waals surface area contributed by atoms with E-state index in [-0.39, 0.29) is 16.4 Å². The first-order valence-electron chi connectivity index (χ1n) is 6.35. The van der Waals surface area contributed by atoms with Crippen LogP contribution in [0.4, 0.5) is 0 Å². The Morgan fingerprint density at radius 2 is 1.90 bits per heavy atom. The zero-order chi connectivity index (χ0) is 15.2. The molecule has 0 amide bonds. The van der Waals surface area contributed by atoms with Gasteiger partial charge in [-0.3, -0.25) is 0 Å². The van der Waals surface area contributed by atoms with Crippen molar-refractivity contribution in [2.24, 2.45) is 0 Å². The number of sulfone groups is 1. The van der Waals surface area contributed by atoms with Crippen LogP contribution in [0.25, 0.3) is 0 Å². The van der Waals surface area contributed by atoms with E-state index >= 15 is 0 Å². The summed E-state index contributed by atoms with van der Waals surface area (Å²) in [5, 5.41) is 0. The number of hydrogen-bond acceptors (Lipinski definition) is 4.